The summed E-state index contributed by atoms with van der Waals surface area (Å²) in [6.45, 7) is 1.29. The number of amides is 1. The third-order valence-electron chi connectivity index (χ3n) is 6.30. The fraction of sp³-hybridized carbons (Fsp3) is 0.333. The third kappa shape index (κ3) is 3.64. The zero-order valence-electron chi connectivity index (χ0n) is 18.3. The summed E-state index contributed by atoms with van der Waals surface area (Å²) in [6, 6.07) is 8.52. The molecule has 34 heavy (non-hydrogen) atoms. The molecule has 4 aromatic rings. The van der Waals surface area contributed by atoms with Gasteiger partial charge in [-0.25, -0.2) is 14.4 Å². The molecule has 2 aliphatic rings. The topological polar surface area (TPSA) is 121 Å². The minimum Gasteiger partial charge on any atom is -0.491 e. The summed E-state index contributed by atoms with van der Waals surface area (Å²) in [5.74, 6) is 1.37. The number of halogens is 1. The molecule has 1 saturated carbocycles. The minimum absolute atomic E-state index is 0.149. The quantitative estimate of drug-likeness (QED) is 0.453. The van der Waals surface area contributed by atoms with E-state index in [-0.39, 0.29) is 5.92 Å². The highest BCUT2D eigenvalue weighted by atomic mass is 19.1. The van der Waals surface area contributed by atoms with E-state index in [1.165, 1.54) is 12.4 Å². The average Bonchev–Trinajstić information content (AvgIpc) is 3.35. The number of H-pyrrole nitrogens is 1. The Hall–Kier alpha value is -3.95. The molecule has 0 spiro atoms. The zero-order valence-corrected chi connectivity index (χ0v) is 18.3. The Morgan fingerprint density at radius 1 is 1.26 bits per heavy atom. The van der Waals surface area contributed by atoms with E-state index in [2.05, 4.69) is 19.7 Å². The molecule has 0 saturated heterocycles. The summed E-state index contributed by atoms with van der Waals surface area (Å²) < 4.78 is 29.1. The number of carbonyl (C=O) groups excluding carboxylic acids is 1. The first-order chi connectivity index (χ1) is 16.6. The second kappa shape index (κ2) is 8.12. The van der Waals surface area contributed by atoms with Crippen LogP contribution in [0.2, 0.25) is 0 Å². The molecular formula is C24H23FN6O3. The Morgan fingerprint density at radius 2 is 2.15 bits per heavy atom. The van der Waals surface area contributed by atoms with Crippen molar-refractivity contribution in [2.45, 2.75) is 38.3 Å². The molecule has 6 rings (SSSR count). The number of nitrogens with zero attached hydrogens (tertiary/aromatic N) is 4. The Kier molecular flexibility index (Phi) is 4.93. The first kappa shape index (κ1) is 20.6. The number of primary amides is 1. The van der Waals surface area contributed by atoms with E-state index in [1.54, 1.807) is 18.2 Å². The lowest BCUT2D eigenvalue weighted by molar-refractivity contribution is -0.125. The number of hydrogen-bond acceptors (Lipinski definition) is 6. The summed E-state index contributed by atoms with van der Waals surface area (Å²) in [4.78, 5) is 20.8. The molecule has 2 aromatic carbocycles. The molecule has 1 unspecified atom stereocenters. The molecule has 1 aliphatic carbocycles. The number of aryl methyl sites for hydroxylation is 1. The number of hydrogen-bond donors (Lipinski definition) is 2. The third-order valence-corrected chi connectivity index (χ3v) is 6.30. The van der Waals surface area contributed by atoms with Crippen molar-refractivity contribution in [1.82, 2.24) is 24.7 Å². The van der Waals surface area contributed by atoms with Crippen molar-refractivity contribution in [3.8, 4) is 34.3 Å². The number of nitrogens with two attached hydrogens (primary N) is 1. The van der Waals surface area contributed by atoms with Crippen molar-refractivity contribution < 1.29 is 18.7 Å². The van der Waals surface area contributed by atoms with Gasteiger partial charge in [-0.15, -0.1) is 0 Å². The molecule has 10 heteroatoms. The van der Waals surface area contributed by atoms with Gasteiger partial charge in [0.05, 0.1) is 17.7 Å². The van der Waals surface area contributed by atoms with Gasteiger partial charge in [0.1, 0.15) is 35.0 Å². The van der Waals surface area contributed by atoms with Gasteiger partial charge in [-0.2, -0.15) is 5.10 Å². The van der Waals surface area contributed by atoms with Crippen LogP contribution in [0.15, 0.2) is 36.7 Å². The monoisotopic (exact) mass is 462 g/mol. The van der Waals surface area contributed by atoms with Crippen LogP contribution >= 0.6 is 0 Å². The largest absolute Gasteiger partial charge is 0.491 e. The van der Waals surface area contributed by atoms with Crippen LogP contribution in [0.4, 0.5) is 4.39 Å². The summed E-state index contributed by atoms with van der Waals surface area (Å²) in [7, 11) is 0. The molecule has 1 amide bonds. The van der Waals surface area contributed by atoms with Gasteiger partial charge >= 0.3 is 0 Å². The summed E-state index contributed by atoms with van der Waals surface area (Å²) in [5, 5.41) is 6.48. The van der Waals surface area contributed by atoms with Gasteiger partial charge in [0, 0.05) is 30.2 Å². The Bertz CT molecular complexity index is 1380. The van der Waals surface area contributed by atoms with E-state index in [0.29, 0.717) is 46.4 Å². The van der Waals surface area contributed by atoms with Crippen molar-refractivity contribution >= 4 is 16.9 Å². The lowest BCUT2D eigenvalue weighted by Gasteiger charge is -2.19. The van der Waals surface area contributed by atoms with E-state index in [1.807, 2.05) is 6.07 Å². The number of benzene rings is 2. The number of carbonyl (C=O) groups is 1. The van der Waals surface area contributed by atoms with Gasteiger partial charge in [-0.3, -0.25) is 9.89 Å². The van der Waals surface area contributed by atoms with E-state index < -0.39 is 17.8 Å². The zero-order chi connectivity index (χ0) is 23.2. The highest BCUT2D eigenvalue weighted by Crippen LogP contribution is 2.39. The van der Waals surface area contributed by atoms with Crippen molar-refractivity contribution in [2.24, 2.45) is 11.7 Å². The average molecular weight is 462 g/mol. The van der Waals surface area contributed by atoms with E-state index in [9.17, 15) is 9.18 Å². The van der Waals surface area contributed by atoms with Crippen LogP contribution in [-0.2, 0) is 11.3 Å². The summed E-state index contributed by atoms with van der Waals surface area (Å²) in [6.07, 6.45) is 4.29. The molecular weight excluding hydrogens is 439 g/mol. The predicted octanol–water partition coefficient (Wildman–Crippen LogP) is 3.44. The van der Waals surface area contributed by atoms with Crippen LogP contribution in [0.3, 0.4) is 0 Å². The van der Waals surface area contributed by atoms with Crippen LogP contribution in [0.5, 0.6) is 11.5 Å². The second-order valence-electron chi connectivity index (χ2n) is 8.74. The molecule has 1 aliphatic heterocycles. The fourth-order valence-electron chi connectivity index (χ4n) is 4.49. The van der Waals surface area contributed by atoms with E-state index >= 15 is 0 Å². The van der Waals surface area contributed by atoms with Crippen LogP contribution in [-0.4, -0.2) is 43.4 Å². The van der Waals surface area contributed by atoms with E-state index in [0.717, 1.165) is 37.7 Å². The van der Waals surface area contributed by atoms with Crippen molar-refractivity contribution in [1.29, 1.82) is 0 Å². The van der Waals surface area contributed by atoms with Gasteiger partial charge in [0.15, 0.2) is 11.9 Å². The molecule has 0 bridgehead atoms. The predicted molar refractivity (Wildman–Crippen MR) is 122 cm³/mol. The number of aromatic nitrogens is 5. The molecule has 2 aromatic heterocycles. The molecule has 3 N–H and O–H groups in total. The number of rotatable bonds is 6. The Labute approximate surface area is 194 Å². The second-order valence-corrected chi connectivity index (χ2v) is 8.74. The summed E-state index contributed by atoms with van der Waals surface area (Å²) in [5.41, 5.74) is 8.02. The highest BCUT2D eigenvalue weighted by molar-refractivity contribution is 5.88. The van der Waals surface area contributed by atoms with Gasteiger partial charge in [0.25, 0.3) is 5.91 Å². The lowest BCUT2D eigenvalue weighted by Crippen LogP contribution is -2.35. The maximum Gasteiger partial charge on any atom is 0.258 e. The van der Waals surface area contributed by atoms with Gasteiger partial charge in [-0.05, 0) is 37.8 Å². The minimum atomic E-state index is -0.669. The van der Waals surface area contributed by atoms with Crippen molar-refractivity contribution in [3.05, 3.63) is 42.5 Å². The number of ether oxygens (including phenoxy) is 2. The summed E-state index contributed by atoms with van der Waals surface area (Å²) >= 11 is 0. The van der Waals surface area contributed by atoms with Gasteiger partial charge in [-0.1, -0.05) is 6.07 Å². The standard InChI is InChI=1S/C24H23FN6O3/c25-17-9-14(5-6-16(17)23-27-12-28-30-23)24-29-18-10-15(34-21(22(26)32)13-3-4-13)11-19-20(18)31(24)7-1-2-8-33-19/h5-6,9-13,21H,1-4,7-8H2,(H2,26,32)(H,27,28,30). The Morgan fingerprint density at radius 3 is 2.88 bits per heavy atom. The number of imidazole rings is 1. The van der Waals surface area contributed by atoms with Crippen LogP contribution in [0.25, 0.3) is 33.8 Å². The maximum atomic E-state index is 15.0. The number of aromatic amines is 1. The van der Waals surface area contributed by atoms with E-state index in [4.69, 9.17) is 20.2 Å². The lowest BCUT2D eigenvalue weighted by atomic mass is 10.1. The maximum absolute atomic E-state index is 15.0. The molecule has 0 radical (unpaired) electrons. The van der Waals surface area contributed by atoms with Crippen molar-refractivity contribution in [2.75, 3.05) is 6.61 Å². The van der Waals surface area contributed by atoms with Crippen LogP contribution < -0.4 is 15.2 Å². The van der Waals surface area contributed by atoms with Crippen LogP contribution in [0, 0.1) is 11.7 Å². The fourth-order valence-corrected chi connectivity index (χ4v) is 4.49. The number of nitrogens with one attached hydrogen (secondary N) is 1. The first-order valence-corrected chi connectivity index (χ1v) is 11.4. The molecule has 9 nitrogen and oxygen atoms in total. The smallest absolute Gasteiger partial charge is 0.258 e. The molecule has 174 valence electrons. The first-order valence-electron chi connectivity index (χ1n) is 11.4. The Balaban J connectivity index is 1.45. The molecule has 1 fully saturated rings. The van der Waals surface area contributed by atoms with Crippen molar-refractivity contribution in [3.63, 3.8) is 0 Å². The highest BCUT2D eigenvalue weighted by Gasteiger charge is 2.37. The normalized spacial score (nSPS) is 16.5. The molecule has 3 heterocycles. The van der Waals surface area contributed by atoms with Crippen LogP contribution in [0.1, 0.15) is 25.7 Å². The SMILES string of the molecule is NC(=O)C(Oc1cc2c3c(c1)nc(-c1ccc(-c4ncn[nH]4)c(F)c1)n3CCCCO2)C1CC1. The van der Waals surface area contributed by atoms with Gasteiger partial charge < -0.3 is 19.8 Å². The molecule has 1 atom stereocenters. The van der Waals surface area contributed by atoms with Gasteiger partial charge in [0.2, 0.25) is 0 Å².